The number of hydrogen-bond acceptors (Lipinski definition) is 1. The Balaban J connectivity index is 0.00000100. The second-order valence-electron chi connectivity index (χ2n) is 8.79. The molecule has 1 aliphatic rings. The van der Waals surface area contributed by atoms with E-state index in [0.717, 1.165) is 39.3 Å². The van der Waals surface area contributed by atoms with Gasteiger partial charge in [0.1, 0.15) is 0 Å². The number of aryl methyl sites for hydroxylation is 1. The summed E-state index contributed by atoms with van der Waals surface area (Å²) < 4.78 is 0. The molecule has 4 aromatic carbocycles. The molecule has 1 aliphatic carbocycles. The molecule has 0 heterocycles. The third-order valence-corrected chi connectivity index (χ3v) is 6.69. The van der Waals surface area contributed by atoms with Crippen LogP contribution in [0.4, 0.5) is 17.1 Å². The molecule has 198 valence electrons. The number of nitrogens with zero attached hydrogens (tertiary/aromatic N) is 1. The molecule has 0 fully saturated rings. The first kappa shape index (κ1) is 29.2. The van der Waals surface area contributed by atoms with Crippen LogP contribution in [0.2, 0.25) is 0 Å². The van der Waals surface area contributed by atoms with E-state index in [9.17, 15) is 0 Å². The standard InChI is InChI=1S/C34H29N.2C2H6/c1-6-12-25-22-27(18-17-24(25)7-2)35(26-14-10-13-23(5)21-26)33-20-19-31-29(9-4)28(8-3)30-15-11-16-32(33)34(30)31;2*1-2/h6-22H,2-4H2,1,5H3;2*1-2H3/b12-6-;;. The highest BCUT2D eigenvalue weighted by Crippen LogP contribution is 2.48. The Kier molecular flexibility index (Phi) is 10.1. The molecule has 39 heavy (non-hydrogen) atoms. The normalized spacial score (nSPS) is 11.4. The van der Waals surface area contributed by atoms with Gasteiger partial charge in [-0.25, -0.2) is 0 Å². The topological polar surface area (TPSA) is 3.24 Å². The highest BCUT2D eigenvalue weighted by atomic mass is 15.1. The fourth-order valence-electron chi connectivity index (χ4n) is 5.17. The molecule has 0 spiro atoms. The SMILES string of the molecule is C=CC1=C(C=C)c2ccc(N(c3cccc(C)c3)c3ccc(C=C)c(/C=C\C)c3)c3cccc1c23.CC.CC. The minimum Gasteiger partial charge on any atom is -0.310 e. The van der Waals surface area contributed by atoms with Crippen molar-refractivity contribution in [1.29, 1.82) is 0 Å². The van der Waals surface area contributed by atoms with E-state index in [1.807, 2.05) is 52.8 Å². The summed E-state index contributed by atoms with van der Waals surface area (Å²) in [6, 6.07) is 26.2. The van der Waals surface area contributed by atoms with Crippen molar-refractivity contribution in [3.63, 3.8) is 0 Å². The number of hydrogen-bond donors (Lipinski definition) is 0. The molecule has 0 N–H and O–H groups in total. The van der Waals surface area contributed by atoms with Crippen molar-refractivity contribution in [1.82, 2.24) is 0 Å². The van der Waals surface area contributed by atoms with Gasteiger partial charge in [-0.05, 0) is 88.5 Å². The molecule has 0 saturated carbocycles. The van der Waals surface area contributed by atoms with E-state index in [1.54, 1.807) is 0 Å². The van der Waals surface area contributed by atoms with Crippen LogP contribution < -0.4 is 4.90 Å². The lowest BCUT2D eigenvalue weighted by molar-refractivity contribution is 1.28. The Hall–Kier alpha value is -4.36. The van der Waals surface area contributed by atoms with Crippen LogP contribution in [0.5, 0.6) is 0 Å². The Labute approximate surface area is 235 Å². The minimum atomic E-state index is 1.11. The molecule has 0 bridgehead atoms. The van der Waals surface area contributed by atoms with Gasteiger partial charge in [-0.1, -0.05) is 120 Å². The molecule has 0 unspecified atom stereocenters. The summed E-state index contributed by atoms with van der Waals surface area (Å²) in [5.74, 6) is 0. The fourth-order valence-corrected chi connectivity index (χ4v) is 5.17. The summed E-state index contributed by atoms with van der Waals surface area (Å²) >= 11 is 0. The van der Waals surface area contributed by atoms with E-state index < -0.39 is 0 Å². The summed E-state index contributed by atoms with van der Waals surface area (Å²) in [5.41, 5.74) is 11.6. The molecule has 0 amide bonds. The van der Waals surface area contributed by atoms with E-state index in [0.29, 0.717) is 0 Å². The number of benzene rings is 4. The summed E-state index contributed by atoms with van der Waals surface area (Å²) in [5, 5.41) is 2.46. The average Bonchev–Trinajstić information content (AvgIpc) is 3.30. The van der Waals surface area contributed by atoms with Crippen LogP contribution >= 0.6 is 0 Å². The predicted octanol–water partition coefficient (Wildman–Crippen LogP) is 11.9. The van der Waals surface area contributed by atoms with Gasteiger partial charge in [-0.15, -0.1) is 0 Å². The molecule has 4 aromatic rings. The van der Waals surface area contributed by atoms with Crippen LogP contribution in [0.25, 0.3) is 34.1 Å². The van der Waals surface area contributed by atoms with Crippen LogP contribution in [0.1, 0.15) is 62.4 Å². The van der Waals surface area contributed by atoms with E-state index in [1.165, 1.54) is 27.5 Å². The van der Waals surface area contributed by atoms with E-state index >= 15 is 0 Å². The van der Waals surface area contributed by atoms with Gasteiger partial charge in [0, 0.05) is 16.8 Å². The molecule has 0 atom stereocenters. The largest absolute Gasteiger partial charge is 0.310 e. The summed E-state index contributed by atoms with van der Waals surface area (Å²) in [6.45, 7) is 24.4. The molecule has 0 aliphatic heterocycles. The Bertz CT molecular complexity index is 1540. The first-order valence-corrected chi connectivity index (χ1v) is 13.9. The molecule has 5 rings (SSSR count). The van der Waals surface area contributed by atoms with Gasteiger partial charge < -0.3 is 4.90 Å². The fraction of sp³-hybridized carbons (Fsp3) is 0.158. The summed E-state index contributed by atoms with van der Waals surface area (Å²) in [7, 11) is 0. The highest BCUT2D eigenvalue weighted by Gasteiger charge is 2.24. The van der Waals surface area contributed by atoms with Crippen molar-refractivity contribution in [2.24, 2.45) is 0 Å². The molecule has 1 heteroatoms. The van der Waals surface area contributed by atoms with Crippen molar-refractivity contribution in [3.05, 3.63) is 139 Å². The van der Waals surface area contributed by atoms with Gasteiger partial charge in [0.2, 0.25) is 0 Å². The molecule has 0 aromatic heterocycles. The number of allylic oxidation sites excluding steroid dienone is 5. The molecular formula is C38H41N. The van der Waals surface area contributed by atoms with Crippen molar-refractivity contribution in [2.75, 3.05) is 4.90 Å². The second kappa shape index (κ2) is 13.4. The Morgan fingerprint density at radius 1 is 0.641 bits per heavy atom. The van der Waals surface area contributed by atoms with E-state index in [-0.39, 0.29) is 0 Å². The monoisotopic (exact) mass is 511 g/mol. The lowest BCUT2D eigenvalue weighted by atomic mass is 9.98. The van der Waals surface area contributed by atoms with E-state index in [2.05, 4.69) is 117 Å². The zero-order chi connectivity index (χ0) is 28.5. The summed E-state index contributed by atoms with van der Waals surface area (Å²) in [4.78, 5) is 2.36. The van der Waals surface area contributed by atoms with Gasteiger partial charge in [0.15, 0.2) is 0 Å². The quantitative estimate of drug-likeness (QED) is 0.238. The van der Waals surface area contributed by atoms with Crippen LogP contribution in [-0.2, 0) is 0 Å². The maximum atomic E-state index is 4.09. The Morgan fingerprint density at radius 3 is 1.90 bits per heavy atom. The first-order chi connectivity index (χ1) is 19.1. The van der Waals surface area contributed by atoms with E-state index in [4.69, 9.17) is 0 Å². The van der Waals surface area contributed by atoms with Gasteiger partial charge in [-0.3, -0.25) is 0 Å². The Morgan fingerprint density at radius 2 is 1.28 bits per heavy atom. The van der Waals surface area contributed by atoms with Crippen LogP contribution in [-0.4, -0.2) is 0 Å². The van der Waals surface area contributed by atoms with Gasteiger partial charge in [0.05, 0.1) is 5.69 Å². The van der Waals surface area contributed by atoms with Crippen LogP contribution in [0.3, 0.4) is 0 Å². The van der Waals surface area contributed by atoms with Gasteiger partial charge in [-0.2, -0.15) is 0 Å². The van der Waals surface area contributed by atoms with Crippen molar-refractivity contribution in [2.45, 2.75) is 41.5 Å². The first-order valence-electron chi connectivity index (χ1n) is 13.9. The van der Waals surface area contributed by atoms with Gasteiger partial charge in [0.25, 0.3) is 0 Å². The third-order valence-electron chi connectivity index (χ3n) is 6.69. The van der Waals surface area contributed by atoms with Crippen molar-refractivity contribution >= 4 is 51.1 Å². The predicted molar refractivity (Wildman–Crippen MR) is 178 cm³/mol. The van der Waals surface area contributed by atoms with Crippen LogP contribution in [0.15, 0.2) is 111 Å². The smallest absolute Gasteiger partial charge is 0.0540 e. The molecule has 0 saturated heterocycles. The van der Waals surface area contributed by atoms with Crippen LogP contribution in [0, 0.1) is 6.92 Å². The molecular weight excluding hydrogens is 470 g/mol. The molecule has 0 radical (unpaired) electrons. The zero-order valence-electron chi connectivity index (χ0n) is 24.4. The number of rotatable bonds is 7. The van der Waals surface area contributed by atoms with Crippen molar-refractivity contribution in [3.8, 4) is 0 Å². The summed E-state index contributed by atoms with van der Waals surface area (Å²) in [6.07, 6.45) is 10.0. The zero-order valence-corrected chi connectivity index (χ0v) is 24.4. The maximum absolute atomic E-state index is 4.09. The molecule has 1 nitrogen and oxygen atoms in total. The van der Waals surface area contributed by atoms with Crippen molar-refractivity contribution < 1.29 is 0 Å². The highest BCUT2D eigenvalue weighted by molar-refractivity contribution is 6.20. The average molecular weight is 512 g/mol. The lowest BCUT2D eigenvalue weighted by Gasteiger charge is -2.28. The minimum absolute atomic E-state index is 1.11. The second-order valence-corrected chi connectivity index (χ2v) is 8.79. The number of anilines is 3. The lowest BCUT2D eigenvalue weighted by Crippen LogP contribution is -2.11. The van der Waals surface area contributed by atoms with Gasteiger partial charge >= 0.3 is 0 Å². The third kappa shape index (κ3) is 5.45. The maximum Gasteiger partial charge on any atom is 0.0540 e.